The first kappa shape index (κ1) is 14.2. The summed E-state index contributed by atoms with van der Waals surface area (Å²) in [6.45, 7) is 0. The van der Waals surface area contributed by atoms with Crippen LogP contribution in [0.1, 0.15) is 17.2 Å². The summed E-state index contributed by atoms with van der Waals surface area (Å²) in [5.41, 5.74) is 4.20. The van der Waals surface area contributed by atoms with Gasteiger partial charge in [-0.3, -0.25) is 11.3 Å². The Hall–Kier alpha value is -1.20. The molecule has 1 aromatic heterocycles. The molecule has 0 radical (unpaired) electrons. The van der Waals surface area contributed by atoms with Gasteiger partial charge in [-0.05, 0) is 29.7 Å². The molecule has 3 N–H and O–H groups in total. The Bertz CT molecular complexity index is 560. The predicted molar refractivity (Wildman–Crippen MR) is 74.4 cm³/mol. The standard InChI is InChI=1S/C13H12Cl2FN3/c14-12-5-4-9(7-18-12)11(19-17)6-8-2-1-3-10(16)13(8)15/h1-5,7,11,19H,6,17H2. The lowest BCUT2D eigenvalue weighted by Gasteiger charge is -2.17. The van der Waals surface area contributed by atoms with Gasteiger partial charge >= 0.3 is 0 Å². The van der Waals surface area contributed by atoms with Crippen molar-refractivity contribution < 1.29 is 4.39 Å². The number of hydrazine groups is 1. The molecule has 3 nitrogen and oxygen atoms in total. The molecular weight excluding hydrogens is 288 g/mol. The molecule has 0 spiro atoms. The molecule has 0 saturated carbocycles. The molecule has 0 bridgehead atoms. The number of nitrogens with one attached hydrogen (secondary N) is 1. The molecule has 19 heavy (non-hydrogen) atoms. The number of benzene rings is 1. The molecule has 1 unspecified atom stereocenters. The number of hydrogen-bond acceptors (Lipinski definition) is 3. The maximum Gasteiger partial charge on any atom is 0.142 e. The van der Waals surface area contributed by atoms with Crippen LogP contribution in [-0.2, 0) is 6.42 Å². The number of nitrogens with zero attached hydrogens (tertiary/aromatic N) is 1. The van der Waals surface area contributed by atoms with Crippen LogP contribution in [0.3, 0.4) is 0 Å². The Morgan fingerprint density at radius 3 is 2.68 bits per heavy atom. The summed E-state index contributed by atoms with van der Waals surface area (Å²) in [4.78, 5) is 3.99. The lowest BCUT2D eigenvalue weighted by Crippen LogP contribution is -2.29. The van der Waals surface area contributed by atoms with E-state index in [0.717, 1.165) is 5.56 Å². The fourth-order valence-corrected chi connectivity index (χ4v) is 2.11. The van der Waals surface area contributed by atoms with E-state index in [1.165, 1.54) is 6.07 Å². The summed E-state index contributed by atoms with van der Waals surface area (Å²) in [5.74, 6) is 5.09. The zero-order valence-corrected chi connectivity index (χ0v) is 11.4. The van der Waals surface area contributed by atoms with Crippen LogP contribution in [0.5, 0.6) is 0 Å². The van der Waals surface area contributed by atoms with Crippen molar-refractivity contribution in [3.63, 3.8) is 0 Å². The molecule has 6 heteroatoms. The largest absolute Gasteiger partial charge is 0.271 e. The van der Waals surface area contributed by atoms with Crippen LogP contribution >= 0.6 is 23.2 Å². The highest BCUT2D eigenvalue weighted by molar-refractivity contribution is 6.31. The van der Waals surface area contributed by atoms with Crippen molar-refractivity contribution in [2.24, 2.45) is 5.84 Å². The van der Waals surface area contributed by atoms with Crippen LogP contribution in [0.4, 0.5) is 4.39 Å². The zero-order chi connectivity index (χ0) is 13.8. The van der Waals surface area contributed by atoms with Crippen LogP contribution in [0, 0.1) is 5.82 Å². The molecule has 2 aromatic rings. The summed E-state index contributed by atoms with van der Waals surface area (Å²) in [6, 6.07) is 7.97. The van der Waals surface area contributed by atoms with E-state index in [2.05, 4.69) is 10.4 Å². The number of pyridine rings is 1. The minimum absolute atomic E-state index is 0.115. The van der Waals surface area contributed by atoms with Gasteiger partial charge in [0, 0.05) is 6.20 Å². The lowest BCUT2D eigenvalue weighted by molar-refractivity contribution is 0.547. The van der Waals surface area contributed by atoms with Gasteiger partial charge in [0.15, 0.2) is 0 Å². The highest BCUT2D eigenvalue weighted by Gasteiger charge is 2.14. The molecule has 1 aromatic carbocycles. The van der Waals surface area contributed by atoms with Gasteiger partial charge < -0.3 is 0 Å². The van der Waals surface area contributed by atoms with E-state index in [4.69, 9.17) is 29.0 Å². The van der Waals surface area contributed by atoms with Crippen LogP contribution in [0.2, 0.25) is 10.2 Å². The first-order valence-electron chi connectivity index (χ1n) is 5.62. The molecule has 0 saturated heterocycles. The molecule has 100 valence electrons. The molecule has 1 heterocycles. The molecule has 1 atom stereocenters. The minimum atomic E-state index is -0.441. The van der Waals surface area contributed by atoms with Crippen molar-refractivity contribution in [2.45, 2.75) is 12.5 Å². The monoisotopic (exact) mass is 299 g/mol. The number of nitrogens with two attached hydrogens (primary N) is 1. The van der Waals surface area contributed by atoms with Crippen molar-refractivity contribution in [2.75, 3.05) is 0 Å². The third-order valence-corrected chi connectivity index (χ3v) is 3.46. The van der Waals surface area contributed by atoms with Crippen molar-refractivity contribution in [3.8, 4) is 0 Å². The summed E-state index contributed by atoms with van der Waals surface area (Å²) >= 11 is 11.7. The lowest BCUT2D eigenvalue weighted by atomic mass is 10.0. The second-order valence-corrected chi connectivity index (χ2v) is 4.82. The van der Waals surface area contributed by atoms with Gasteiger partial charge in [0.05, 0.1) is 11.1 Å². The maximum atomic E-state index is 13.4. The van der Waals surface area contributed by atoms with E-state index in [1.807, 2.05) is 6.07 Å². The van der Waals surface area contributed by atoms with Gasteiger partial charge in [-0.1, -0.05) is 41.4 Å². The zero-order valence-electron chi connectivity index (χ0n) is 9.91. The Morgan fingerprint density at radius 1 is 1.26 bits per heavy atom. The summed E-state index contributed by atoms with van der Waals surface area (Å²) in [7, 11) is 0. The van der Waals surface area contributed by atoms with Crippen LogP contribution in [0.25, 0.3) is 0 Å². The van der Waals surface area contributed by atoms with Crippen LogP contribution in [0.15, 0.2) is 36.5 Å². The minimum Gasteiger partial charge on any atom is -0.271 e. The van der Waals surface area contributed by atoms with Crippen LogP contribution in [-0.4, -0.2) is 4.98 Å². The summed E-state index contributed by atoms with van der Waals surface area (Å²) in [6.07, 6.45) is 2.08. The summed E-state index contributed by atoms with van der Waals surface area (Å²) in [5, 5.41) is 0.521. The van der Waals surface area contributed by atoms with E-state index in [0.29, 0.717) is 17.1 Å². The molecule has 0 aliphatic rings. The Labute approximate surface area is 120 Å². The SMILES string of the molecule is NNC(Cc1cccc(F)c1Cl)c1ccc(Cl)nc1. The first-order valence-corrected chi connectivity index (χ1v) is 6.38. The predicted octanol–water partition coefficient (Wildman–Crippen LogP) is 3.27. The third-order valence-electron chi connectivity index (χ3n) is 2.81. The fourth-order valence-electron chi connectivity index (χ4n) is 1.79. The Morgan fingerprint density at radius 2 is 2.05 bits per heavy atom. The topological polar surface area (TPSA) is 50.9 Å². The van der Waals surface area contributed by atoms with E-state index < -0.39 is 5.82 Å². The maximum absolute atomic E-state index is 13.4. The van der Waals surface area contributed by atoms with Crippen molar-refractivity contribution >= 4 is 23.2 Å². The van der Waals surface area contributed by atoms with E-state index in [1.54, 1.807) is 24.4 Å². The average Bonchev–Trinajstić information content (AvgIpc) is 2.42. The normalized spacial score (nSPS) is 12.4. The molecular formula is C13H12Cl2FN3. The highest BCUT2D eigenvalue weighted by Crippen LogP contribution is 2.25. The quantitative estimate of drug-likeness (QED) is 0.517. The van der Waals surface area contributed by atoms with Gasteiger partial charge in [-0.15, -0.1) is 0 Å². The average molecular weight is 300 g/mol. The van der Waals surface area contributed by atoms with E-state index in [9.17, 15) is 4.39 Å². The fraction of sp³-hybridized carbons (Fsp3) is 0.154. The second-order valence-electron chi connectivity index (χ2n) is 4.05. The van der Waals surface area contributed by atoms with Gasteiger partial charge in [0.25, 0.3) is 0 Å². The Balaban J connectivity index is 2.24. The van der Waals surface area contributed by atoms with Crippen LogP contribution < -0.4 is 11.3 Å². The van der Waals surface area contributed by atoms with Crippen molar-refractivity contribution in [1.29, 1.82) is 0 Å². The molecule has 0 fully saturated rings. The van der Waals surface area contributed by atoms with Gasteiger partial charge in [0.2, 0.25) is 0 Å². The van der Waals surface area contributed by atoms with Crippen molar-refractivity contribution in [1.82, 2.24) is 10.4 Å². The highest BCUT2D eigenvalue weighted by atomic mass is 35.5. The first-order chi connectivity index (χ1) is 9.11. The van der Waals surface area contributed by atoms with Crippen molar-refractivity contribution in [3.05, 3.63) is 63.6 Å². The number of aromatic nitrogens is 1. The molecule has 0 aliphatic heterocycles. The Kier molecular flexibility index (Phi) is 4.71. The smallest absolute Gasteiger partial charge is 0.142 e. The number of rotatable bonds is 4. The third kappa shape index (κ3) is 3.42. The van der Waals surface area contributed by atoms with E-state index in [-0.39, 0.29) is 11.1 Å². The van der Waals surface area contributed by atoms with Gasteiger partial charge in [-0.25, -0.2) is 9.37 Å². The second kappa shape index (κ2) is 6.30. The number of hydrogen-bond donors (Lipinski definition) is 2. The molecule has 0 aliphatic carbocycles. The molecule has 0 amide bonds. The van der Waals surface area contributed by atoms with E-state index >= 15 is 0 Å². The molecule has 2 rings (SSSR count). The van der Waals surface area contributed by atoms with Gasteiger partial charge in [0.1, 0.15) is 11.0 Å². The van der Waals surface area contributed by atoms with Gasteiger partial charge in [-0.2, -0.15) is 0 Å². The number of halogens is 3. The summed E-state index contributed by atoms with van der Waals surface area (Å²) < 4.78 is 13.4.